The Hall–Kier alpha value is -3.41. The number of aromatic nitrogens is 1. The molecule has 29 heavy (non-hydrogen) atoms. The number of para-hydroxylation sites is 1. The van der Waals surface area contributed by atoms with E-state index >= 15 is 0 Å². The van der Waals surface area contributed by atoms with Gasteiger partial charge in [-0.25, -0.2) is 4.79 Å². The first-order chi connectivity index (χ1) is 13.9. The number of carbonyl (C=O) groups excluding carboxylic acids is 3. The average Bonchev–Trinajstić information content (AvgIpc) is 3.05. The van der Waals surface area contributed by atoms with Crippen molar-refractivity contribution in [2.24, 2.45) is 7.05 Å². The molecule has 1 amide bonds. The lowest BCUT2D eigenvalue weighted by atomic mass is 10.0. The van der Waals surface area contributed by atoms with Gasteiger partial charge < -0.3 is 14.6 Å². The summed E-state index contributed by atoms with van der Waals surface area (Å²) in [4.78, 5) is 36.2. The van der Waals surface area contributed by atoms with Crippen molar-refractivity contribution >= 4 is 28.6 Å². The molecule has 0 saturated carbocycles. The van der Waals surface area contributed by atoms with Crippen LogP contribution in [-0.4, -0.2) is 34.9 Å². The van der Waals surface area contributed by atoms with E-state index in [-0.39, 0.29) is 11.7 Å². The molecular weight excluding hydrogens is 368 g/mol. The van der Waals surface area contributed by atoms with E-state index in [1.165, 1.54) is 6.92 Å². The third-order valence-corrected chi connectivity index (χ3v) is 4.80. The fraction of sp³-hybridized carbons (Fsp3) is 0.261. The molecular formula is C23H24N2O4. The number of ether oxygens (including phenoxy) is 1. The van der Waals surface area contributed by atoms with Crippen LogP contribution >= 0.6 is 0 Å². The minimum atomic E-state index is -0.897. The number of hydrogen-bond acceptors (Lipinski definition) is 4. The van der Waals surface area contributed by atoms with Crippen molar-refractivity contribution in [3.05, 3.63) is 71.4 Å². The fourth-order valence-electron chi connectivity index (χ4n) is 3.24. The summed E-state index contributed by atoms with van der Waals surface area (Å²) in [5.74, 6) is -0.847. The molecule has 150 valence electrons. The molecule has 1 aromatic heterocycles. The highest BCUT2D eigenvalue weighted by atomic mass is 16.5. The van der Waals surface area contributed by atoms with E-state index in [9.17, 15) is 14.4 Å². The summed E-state index contributed by atoms with van der Waals surface area (Å²) in [6, 6.07) is 14.7. The van der Waals surface area contributed by atoms with Crippen LogP contribution in [0.1, 0.15) is 40.1 Å². The largest absolute Gasteiger partial charge is 0.451 e. The highest BCUT2D eigenvalue weighted by Crippen LogP contribution is 2.22. The van der Waals surface area contributed by atoms with Crippen molar-refractivity contribution in [1.29, 1.82) is 0 Å². The number of fused-ring (bicyclic) bond motifs is 1. The van der Waals surface area contributed by atoms with E-state index < -0.39 is 12.1 Å². The summed E-state index contributed by atoms with van der Waals surface area (Å²) in [7, 11) is 1.86. The Morgan fingerprint density at radius 3 is 2.45 bits per heavy atom. The van der Waals surface area contributed by atoms with Gasteiger partial charge in [0.2, 0.25) is 11.7 Å². The maximum atomic E-state index is 12.7. The van der Waals surface area contributed by atoms with Gasteiger partial charge in [-0.15, -0.1) is 0 Å². The van der Waals surface area contributed by atoms with Gasteiger partial charge in [0.25, 0.3) is 0 Å². The van der Waals surface area contributed by atoms with Crippen molar-refractivity contribution in [2.75, 3.05) is 6.54 Å². The maximum absolute atomic E-state index is 12.7. The molecule has 6 heteroatoms. The molecule has 0 bridgehead atoms. The van der Waals surface area contributed by atoms with Gasteiger partial charge in [-0.3, -0.25) is 9.59 Å². The molecule has 6 nitrogen and oxygen atoms in total. The summed E-state index contributed by atoms with van der Waals surface area (Å²) in [5.41, 5.74) is 2.85. The second-order valence-corrected chi connectivity index (χ2v) is 7.01. The Morgan fingerprint density at radius 2 is 1.76 bits per heavy atom. The summed E-state index contributed by atoms with van der Waals surface area (Å²) in [5, 5.41) is 3.53. The molecule has 0 aliphatic rings. The Labute approximate surface area is 169 Å². The fourth-order valence-corrected chi connectivity index (χ4v) is 3.24. The van der Waals surface area contributed by atoms with Gasteiger partial charge >= 0.3 is 5.97 Å². The van der Waals surface area contributed by atoms with E-state index in [2.05, 4.69) is 5.32 Å². The number of amides is 1. The van der Waals surface area contributed by atoms with Gasteiger partial charge in [0.05, 0.1) is 5.56 Å². The summed E-state index contributed by atoms with van der Waals surface area (Å²) in [6.07, 6.45) is 1.50. The van der Waals surface area contributed by atoms with Crippen LogP contribution in [0.5, 0.6) is 0 Å². The molecule has 0 saturated heterocycles. The predicted octanol–water partition coefficient (Wildman–Crippen LogP) is 3.29. The molecule has 0 aliphatic heterocycles. The van der Waals surface area contributed by atoms with Crippen LogP contribution in [0, 0.1) is 0 Å². The quantitative estimate of drug-likeness (QED) is 0.494. The average molecular weight is 392 g/mol. The molecule has 0 unspecified atom stereocenters. The van der Waals surface area contributed by atoms with Crippen LogP contribution in [0.4, 0.5) is 0 Å². The minimum Gasteiger partial charge on any atom is -0.451 e. The Morgan fingerprint density at radius 1 is 1.07 bits per heavy atom. The highest BCUT2D eigenvalue weighted by Gasteiger charge is 2.22. The maximum Gasteiger partial charge on any atom is 0.341 e. The predicted molar refractivity (Wildman–Crippen MR) is 111 cm³/mol. The molecule has 1 heterocycles. The summed E-state index contributed by atoms with van der Waals surface area (Å²) in [6.45, 7) is 3.60. The molecule has 3 aromatic rings. The molecule has 1 N–H and O–H groups in total. The molecule has 3 rings (SSSR count). The highest BCUT2D eigenvalue weighted by molar-refractivity contribution is 6.06. The van der Waals surface area contributed by atoms with Gasteiger partial charge in [0.1, 0.15) is 0 Å². The Kier molecular flexibility index (Phi) is 6.12. The number of ketones is 1. The van der Waals surface area contributed by atoms with Gasteiger partial charge in [-0.1, -0.05) is 42.5 Å². The lowest BCUT2D eigenvalue weighted by Gasteiger charge is -2.12. The molecule has 0 aliphatic carbocycles. The zero-order valence-corrected chi connectivity index (χ0v) is 16.8. The number of esters is 1. The second-order valence-electron chi connectivity index (χ2n) is 7.01. The second kappa shape index (κ2) is 8.73. The smallest absolute Gasteiger partial charge is 0.341 e. The van der Waals surface area contributed by atoms with E-state index in [0.717, 1.165) is 16.5 Å². The molecule has 1 atom stereocenters. The molecule has 0 fully saturated rings. The van der Waals surface area contributed by atoms with E-state index in [0.29, 0.717) is 24.1 Å². The number of nitrogens with one attached hydrogen (secondary N) is 1. The van der Waals surface area contributed by atoms with Crippen molar-refractivity contribution in [3.63, 3.8) is 0 Å². The SMILES string of the molecule is CC(=O)NCCc1ccc(C(=O)[C@H](C)OC(=O)c2cn(C)c3ccccc23)cc1. The van der Waals surface area contributed by atoms with Crippen LogP contribution in [0.3, 0.4) is 0 Å². The van der Waals surface area contributed by atoms with E-state index in [4.69, 9.17) is 4.74 Å². The monoisotopic (exact) mass is 392 g/mol. The Bertz CT molecular complexity index is 1050. The lowest BCUT2D eigenvalue weighted by molar-refractivity contribution is -0.118. The summed E-state index contributed by atoms with van der Waals surface area (Å²) < 4.78 is 7.31. The van der Waals surface area contributed by atoms with E-state index in [1.54, 1.807) is 25.3 Å². The number of benzene rings is 2. The van der Waals surface area contributed by atoms with E-state index in [1.807, 2.05) is 48.0 Å². The third-order valence-electron chi connectivity index (χ3n) is 4.80. The van der Waals surface area contributed by atoms with Crippen LogP contribution in [0.25, 0.3) is 10.9 Å². The first-order valence-corrected chi connectivity index (χ1v) is 9.49. The number of rotatable bonds is 7. The molecule has 0 spiro atoms. The van der Waals surface area contributed by atoms with Gasteiger partial charge in [0, 0.05) is 43.2 Å². The first-order valence-electron chi connectivity index (χ1n) is 9.49. The third kappa shape index (κ3) is 4.71. The van der Waals surface area contributed by atoms with Gasteiger partial charge in [-0.2, -0.15) is 0 Å². The van der Waals surface area contributed by atoms with Crippen LogP contribution in [0.2, 0.25) is 0 Å². The van der Waals surface area contributed by atoms with Crippen LogP contribution in [-0.2, 0) is 23.0 Å². The number of Topliss-reactive ketones (excluding diaryl/α,β-unsaturated/α-hetero) is 1. The Balaban J connectivity index is 1.65. The standard InChI is InChI=1S/C23H24N2O4/c1-15(22(27)18-10-8-17(9-11-18)12-13-24-16(2)26)29-23(28)20-14-25(3)21-7-5-4-6-19(20)21/h4-11,14-15H,12-13H2,1-3H3,(H,24,26)/t15-/m0/s1. The van der Waals surface area contributed by atoms with Gasteiger partial charge in [0.15, 0.2) is 6.10 Å². The van der Waals surface area contributed by atoms with Crippen LogP contribution in [0.15, 0.2) is 54.7 Å². The first kappa shape index (κ1) is 20.3. The van der Waals surface area contributed by atoms with Gasteiger partial charge in [-0.05, 0) is 25.0 Å². The summed E-state index contributed by atoms with van der Waals surface area (Å²) >= 11 is 0. The molecule has 2 aromatic carbocycles. The normalized spacial score (nSPS) is 11.8. The van der Waals surface area contributed by atoms with Crippen molar-refractivity contribution in [2.45, 2.75) is 26.4 Å². The minimum absolute atomic E-state index is 0.0707. The zero-order valence-electron chi connectivity index (χ0n) is 16.8. The van der Waals surface area contributed by atoms with Crippen molar-refractivity contribution in [1.82, 2.24) is 9.88 Å². The van der Waals surface area contributed by atoms with Crippen molar-refractivity contribution in [3.8, 4) is 0 Å². The van der Waals surface area contributed by atoms with Crippen LogP contribution < -0.4 is 5.32 Å². The van der Waals surface area contributed by atoms with Crippen molar-refractivity contribution < 1.29 is 19.1 Å². The number of aryl methyl sites for hydroxylation is 1. The number of hydrogen-bond donors (Lipinski definition) is 1. The topological polar surface area (TPSA) is 77.4 Å². The zero-order chi connectivity index (χ0) is 21.0. The number of carbonyl (C=O) groups is 3. The number of nitrogens with zero attached hydrogens (tertiary/aromatic N) is 1. The molecule has 0 radical (unpaired) electrons. The lowest BCUT2D eigenvalue weighted by Crippen LogP contribution is -2.24.